The van der Waals surface area contributed by atoms with Gasteiger partial charge in [0.2, 0.25) is 5.91 Å². The summed E-state index contributed by atoms with van der Waals surface area (Å²) in [7, 11) is 1.35. The third-order valence-corrected chi connectivity index (χ3v) is 6.88. The number of fused-ring (bicyclic) bond motifs is 3. The summed E-state index contributed by atoms with van der Waals surface area (Å²) >= 11 is 0. The molecule has 0 aliphatic carbocycles. The average molecular weight is 424 g/mol. The van der Waals surface area contributed by atoms with E-state index >= 15 is 0 Å². The maximum Gasteiger partial charge on any atom is 0.318 e. The fraction of sp³-hybridized carbons (Fsp3) is 0.214. The van der Waals surface area contributed by atoms with Crippen LogP contribution in [0.5, 0.6) is 0 Å². The van der Waals surface area contributed by atoms with Gasteiger partial charge in [0.05, 0.1) is 18.0 Å². The topological polar surface area (TPSA) is 48.3 Å². The molecule has 1 unspecified atom stereocenters. The summed E-state index contributed by atoms with van der Waals surface area (Å²) in [6.45, 7) is 2.08. The lowest BCUT2D eigenvalue weighted by molar-refractivity contribution is -0.144. The van der Waals surface area contributed by atoms with Crippen LogP contribution in [-0.4, -0.2) is 23.6 Å². The van der Waals surface area contributed by atoms with Gasteiger partial charge in [0, 0.05) is 11.1 Å². The highest BCUT2D eigenvalue weighted by Gasteiger charge is 2.47. The third-order valence-electron chi connectivity index (χ3n) is 6.88. The summed E-state index contributed by atoms with van der Waals surface area (Å²) in [6.07, 6.45) is 1.02. The van der Waals surface area contributed by atoms with E-state index in [1.807, 2.05) is 60.7 Å². The maximum atomic E-state index is 13.9. The second-order valence-corrected chi connectivity index (χ2v) is 8.42. The largest absolute Gasteiger partial charge is 0.468 e. The van der Waals surface area contributed by atoms with Gasteiger partial charge in [-0.15, -0.1) is 0 Å². The van der Waals surface area contributed by atoms with Crippen LogP contribution in [0, 0.1) is 12.8 Å². The van der Waals surface area contributed by atoms with Crippen molar-refractivity contribution < 1.29 is 14.3 Å². The molecule has 5 rings (SSSR count). The summed E-state index contributed by atoms with van der Waals surface area (Å²) < 4.78 is 6.85. The molecule has 1 aliphatic heterocycles. The lowest BCUT2D eigenvalue weighted by Gasteiger charge is -2.35. The van der Waals surface area contributed by atoms with Gasteiger partial charge in [0.15, 0.2) is 0 Å². The zero-order chi connectivity index (χ0) is 22.3. The molecule has 0 radical (unpaired) electrons. The summed E-state index contributed by atoms with van der Waals surface area (Å²) in [6, 6.07) is 28.6. The van der Waals surface area contributed by atoms with Crippen molar-refractivity contribution in [2.45, 2.75) is 25.2 Å². The normalized spacial score (nSPS) is 17.6. The van der Waals surface area contributed by atoms with E-state index in [1.165, 1.54) is 7.11 Å². The number of para-hydroxylation sites is 1. The van der Waals surface area contributed by atoms with Gasteiger partial charge >= 0.3 is 5.97 Å². The van der Waals surface area contributed by atoms with E-state index in [2.05, 4.69) is 31.2 Å². The molecule has 0 saturated carbocycles. The Balaban J connectivity index is 1.94. The van der Waals surface area contributed by atoms with E-state index in [9.17, 15) is 9.59 Å². The number of esters is 1. The quantitative estimate of drug-likeness (QED) is 0.323. The van der Waals surface area contributed by atoms with Crippen molar-refractivity contribution in [1.82, 2.24) is 4.57 Å². The van der Waals surface area contributed by atoms with Gasteiger partial charge in [-0.2, -0.15) is 0 Å². The van der Waals surface area contributed by atoms with E-state index < -0.39 is 17.3 Å². The molecule has 1 aliphatic rings. The van der Waals surface area contributed by atoms with Gasteiger partial charge in [-0.3, -0.25) is 14.2 Å². The molecule has 4 aromatic rings. The van der Waals surface area contributed by atoms with E-state index in [0.29, 0.717) is 12.8 Å². The number of hydrogen-bond donors (Lipinski definition) is 0. The smallest absolute Gasteiger partial charge is 0.318 e. The predicted molar refractivity (Wildman–Crippen MR) is 125 cm³/mol. The summed E-state index contributed by atoms with van der Waals surface area (Å²) in [5.74, 6) is -1.54. The van der Waals surface area contributed by atoms with Crippen molar-refractivity contribution in [2.24, 2.45) is 5.92 Å². The molecule has 4 heteroatoms. The maximum absolute atomic E-state index is 13.9. The number of ether oxygens (including phenoxy) is 1. The molecule has 32 heavy (non-hydrogen) atoms. The molecule has 0 saturated heterocycles. The Morgan fingerprint density at radius 3 is 2.06 bits per heavy atom. The van der Waals surface area contributed by atoms with Crippen molar-refractivity contribution in [3.8, 4) is 0 Å². The van der Waals surface area contributed by atoms with Gasteiger partial charge < -0.3 is 4.74 Å². The first kappa shape index (κ1) is 20.3. The number of carbonyl (C=O) groups is 2. The van der Waals surface area contributed by atoms with Gasteiger partial charge in [-0.1, -0.05) is 78.9 Å². The highest BCUT2D eigenvalue weighted by molar-refractivity contribution is 6.05. The number of aryl methyl sites for hydroxylation is 1. The first-order chi connectivity index (χ1) is 15.6. The number of nitrogens with zero attached hydrogens (tertiary/aromatic N) is 1. The monoisotopic (exact) mass is 423 g/mol. The SMILES string of the molecule is COC(=O)C1CCC(c2ccccc2)(c2ccccc2)c2c(C)c3ccccc3n2C1=O. The predicted octanol–water partition coefficient (Wildman–Crippen LogP) is 5.51. The van der Waals surface area contributed by atoms with Crippen LogP contribution in [0.4, 0.5) is 0 Å². The van der Waals surface area contributed by atoms with Crippen LogP contribution >= 0.6 is 0 Å². The molecule has 1 aromatic heterocycles. The van der Waals surface area contributed by atoms with Crippen LogP contribution in [0.15, 0.2) is 84.9 Å². The molecule has 3 aromatic carbocycles. The molecule has 0 fully saturated rings. The van der Waals surface area contributed by atoms with Crippen molar-refractivity contribution in [3.05, 3.63) is 107 Å². The minimum atomic E-state index is -0.844. The van der Waals surface area contributed by atoms with Crippen molar-refractivity contribution in [2.75, 3.05) is 7.11 Å². The Morgan fingerprint density at radius 1 is 0.906 bits per heavy atom. The summed E-state index contributed by atoms with van der Waals surface area (Å²) in [5, 5.41) is 1.03. The molecule has 4 nitrogen and oxygen atoms in total. The lowest BCUT2D eigenvalue weighted by atomic mass is 9.67. The molecular formula is C28H25NO3. The highest BCUT2D eigenvalue weighted by atomic mass is 16.5. The van der Waals surface area contributed by atoms with Crippen LogP contribution in [0.3, 0.4) is 0 Å². The fourth-order valence-corrected chi connectivity index (χ4v) is 5.43. The molecule has 1 atom stereocenters. The Kier molecular flexibility index (Phi) is 4.93. The highest BCUT2D eigenvalue weighted by Crippen LogP contribution is 2.49. The lowest BCUT2D eigenvalue weighted by Crippen LogP contribution is -2.32. The number of rotatable bonds is 3. The minimum absolute atomic E-state index is 0.218. The number of benzene rings is 3. The van der Waals surface area contributed by atoms with Crippen molar-refractivity contribution in [1.29, 1.82) is 0 Å². The molecule has 0 amide bonds. The van der Waals surface area contributed by atoms with E-state index in [0.717, 1.165) is 33.3 Å². The van der Waals surface area contributed by atoms with Crippen LogP contribution in [-0.2, 0) is 14.9 Å². The Hall–Kier alpha value is -3.66. The van der Waals surface area contributed by atoms with E-state index in [1.54, 1.807) is 4.57 Å². The summed E-state index contributed by atoms with van der Waals surface area (Å²) in [5.41, 5.74) is 4.47. The van der Waals surface area contributed by atoms with E-state index in [4.69, 9.17) is 4.74 Å². The Bertz CT molecular complexity index is 1270. The molecule has 0 N–H and O–H groups in total. The zero-order valence-electron chi connectivity index (χ0n) is 18.2. The molecule has 0 spiro atoms. The third kappa shape index (κ3) is 2.83. The van der Waals surface area contributed by atoms with Gasteiger partial charge in [0.25, 0.3) is 0 Å². The first-order valence-corrected chi connectivity index (χ1v) is 10.9. The van der Waals surface area contributed by atoms with Crippen molar-refractivity contribution in [3.63, 3.8) is 0 Å². The second-order valence-electron chi connectivity index (χ2n) is 8.42. The molecule has 0 bridgehead atoms. The first-order valence-electron chi connectivity index (χ1n) is 10.9. The number of carbonyl (C=O) groups excluding carboxylic acids is 2. The fourth-order valence-electron chi connectivity index (χ4n) is 5.43. The number of methoxy groups -OCH3 is 1. The minimum Gasteiger partial charge on any atom is -0.468 e. The average Bonchev–Trinajstić information content (AvgIpc) is 3.07. The summed E-state index contributed by atoms with van der Waals surface area (Å²) in [4.78, 5) is 26.6. The van der Waals surface area contributed by atoms with Crippen LogP contribution in [0.2, 0.25) is 0 Å². The van der Waals surface area contributed by atoms with Crippen LogP contribution in [0.25, 0.3) is 10.9 Å². The molecule has 160 valence electrons. The van der Waals surface area contributed by atoms with E-state index in [-0.39, 0.29) is 5.91 Å². The van der Waals surface area contributed by atoms with Crippen LogP contribution in [0.1, 0.15) is 40.0 Å². The standard InChI is InChI=1S/C28H25NO3/c1-19-22-15-9-10-16-24(22)29-25(19)28(20-11-5-3-6-12-20,21-13-7-4-8-14-21)18-17-23(26(29)30)27(31)32-2/h3-16,23H,17-18H2,1-2H3. The number of aromatic nitrogens is 1. The van der Waals surface area contributed by atoms with Gasteiger partial charge in [0.1, 0.15) is 5.92 Å². The van der Waals surface area contributed by atoms with Gasteiger partial charge in [-0.25, -0.2) is 0 Å². The van der Waals surface area contributed by atoms with Gasteiger partial charge in [-0.05, 0) is 42.5 Å². The molecular weight excluding hydrogens is 398 g/mol. The van der Waals surface area contributed by atoms with Crippen molar-refractivity contribution >= 4 is 22.8 Å². The second kappa shape index (κ2) is 7.79. The zero-order valence-corrected chi connectivity index (χ0v) is 18.2. The number of hydrogen-bond acceptors (Lipinski definition) is 3. The molecule has 2 heterocycles. The Morgan fingerprint density at radius 2 is 1.47 bits per heavy atom. The Labute approximate surface area is 187 Å². The van der Waals surface area contributed by atoms with Crippen LogP contribution < -0.4 is 0 Å².